The summed E-state index contributed by atoms with van der Waals surface area (Å²) >= 11 is 3.67. The molecule has 0 bridgehead atoms. The third kappa shape index (κ3) is 1.64. The molecule has 0 spiro atoms. The van der Waals surface area contributed by atoms with Crippen LogP contribution in [0.25, 0.3) is 0 Å². The first kappa shape index (κ1) is 7.93. The molecule has 1 rings (SSSR count). The first-order chi connectivity index (χ1) is 5.11. The van der Waals surface area contributed by atoms with Crippen LogP contribution in [-0.2, 0) is 0 Å². The number of nitro groups is 1. The normalized spacial score (nSPS) is 9.64. The van der Waals surface area contributed by atoms with E-state index in [1.807, 2.05) is 0 Å². The summed E-state index contributed by atoms with van der Waals surface area (Å²) in [6.45, 7) is 0. The molecule has 0 aliphatic heterocycles. The van der Waals surface area contributed by atoms with Crippen LogP contribution in [0.4, 0.5) is 10.1 Å². The van der Waals surface area contributed by atoms with Crippen LogP contribution in [0.2, 0.25) is 0 Å². The summed E-state index contributed by atoms with van der Waals surface area (Å²) < 4.78 is 12.3. The number of nitrogens with zero attached hydrogens (tertiary/aromatic N) is 2. The van der Waals surface area contributed by atoms with E-state index in [1.54, 1.807) is 0 Å². The summed E-state index contributed by atoms with van der Waals surface area (Å²) in [6.07, 6.45) is 0.870. The van der Waals surface area contributed by atoms with Gasteiger partial charge in [-0.2, -0.15) is 0 Å². The van der Waals surface area contributed by atoms with Crippen LogP contribution in [0.5, 0.6) is 0 Å². The predicted molar refractivity (Wildman–Crippen MR) is 38.1 cm³/mol. The van der Waals surface area contributed by atoms with Crippen LogP contribution in [0.1, 0.15) is 0 Å². The Kier molecular flexibility index (Phi) is 2.04. The van der Waals surface area contributed by atoms with E-state index in [4.69, 9.17) is 0 Å². The van der Waals surface area contributed by atoms with Crippen LogP contribution in [0.15, 0.2) is 17.3 Å². The Hall–Kier alpha value is -1.17. The fourth-order valence-electron chi connectivity index (χ4n) is 0.556. The van der Waals surface area contributed by atoms with Gasteiger partial charge in [0.2, 0.25) is 0 Å². The number of thiol groups is 1. The van der Waals surface area contributed by atoms with Crippen molar-refractivity contribution in [1.82, 2.24) is 4.98 Å². The van der Waals surface area contributed by atoms with E-state index in [-0.39, 0.29) is 5.03 Å². The molecule has 0 aromatic carbocycles. The number of pyridine rings is 1. The van der Waals surface area contributed by atoms with Crippen molar-refractivity contribution in [3.63, 3.8) is 0 Å². The smallest absolute Gasteiger partial charge is 0.258 e. The number of hydrogen-bond donors (Lipinski definition) is 1. The fraction of sp³-hybridized carbons (Fsp3) is 0. The minimum absolute atomic E-state index is 0.0867. The van der Waals surface area contributed by atoms with Gasteiger partial charge in [-0.25, -0.2) is 9.37 Å². The van der Waals surface area contributed by atoms with E-state index in [2.05, 4.69) is 17.6 Å². The van der Waals surface area contributed by atoms with E-state index >= 15 is 0 Å². The molecule has 1 heterocycles. The summed E-state index contributed by atoms with van der Waals surface area (Å²) in [6, 6.07) is 0.773. The highest BCUT2D eigenvalue weighted by molar-refractivity contribution is 7.80. The Balaban J connectivity index is 3.23. The van der Waals surface area contributed by atoms with Gasteiger partial charge < -0.3 is 0 Å². The maximum absolute atomic E-state index is 12.3. The Labute approximate surface area is 66.6 Å². The van der Waals surface area contributed by atoms with Gasteiger partial charge in [0.25, 0.3) is 0 Å². The van der Waals surface area contributed by atoms with E-state index in [0.29, 0.717) is 0 Å². The second kappa shape index (κ2) is 2.83. The summed E-state index contributed by atoms with van der Waals surface area (Å²) in [5.74, 6) is -0.741. The second-order valence-electron chi connectivity index (χ2n) is 1.75. The highest BCUT2D eigenvalue weighted by Gasteiger charge is 2.12. The Morgan fingerprint density at radius 3 is 2.82 bits per heavy atom. The molecule has 11 heavy (non-hydrogen) atoms. The molecule has 0 saturated carbocycles. The van der Waals surface area contributed by atoms with Crippen molar-refractivity contribution in [2.45, 2.75) is 5.03 Å². The zero-order valence-corrected chi connectivity index (χ0v) is 6.09. The quantitative estimate of drug-likeness (QED) is 0.398. The summed E-state index contributed by atoms with van der Waals surface area (Å²) in [5.41, 5.74) is -0.423. The number of hydrogen-bond acceptors (Lipinski definition) is 4. The third-order valence-corrected chi connectivity index (χ3v) is 1.36. The molecule has 0 amide bonds. The highest BCUT2D eigenvalue weighted by Crippen LogP contribution is 2.19. The minimum Gasteiger partial charge on any atom is -0.258 e. The Bertz CT molecular complexity index is 305. The monoisotopic (exact) mass is 174 g/mol. The van der Waals surface area contributed by atoms with Crippen LogP contribution < -0.4 is 0 Å². The van der Waals surface area contributed by atoms with Crippen LogP contribution in [0, 0.1) is 15.9 Å². The van der Waals surface area contributed by atoms with Crippen molar-refractivity contribution in [3.05, 3.63) is 28.2 Å². The molecule has 0 aliphatic rings. The summed E-state index contributed by atoms with van der Waals surface area (Å²) in [4.78, 5) is 12.7. The van der Waals surface area contributed by atoms with E-state index < -0.39 is 16.4 Å². The molecule has 0 aliphatic carbocycles. The highest BCUT2D eigenvalue weighted by atomic mass is 32.1. The molecule has 0 radical (unpaired) electrons. The average Bonchev–Trinajstić information content (AvgIpc) is 1.94. The SMILES string of the molecule is O=[N+]([O-])c1cc(F)cnc1S. The van der Waals surface area contributed by atoms with Crippen molar-refractivity contribution in [3.8, 4) is 0 Å². The van der Waals surface area contributed by atoms with Crippen molar-refractivity contribution in [2.24, 2.45) is 0 Å². The zero-order chi connectivity index (χ0) is 8.43. The van der Waals surface area contributed by atoms with Crippen LogP contribution >= 0.6 is 12.6 Å². The molecule has 6 heteroatoms. The van der Waals surface area contributed by atoms with Gasteiger partial charge in [0, 0.05) is 0 Å². The molecule has 4 nitrogen and oxygen atoms in total. The average molecular weight is 174 g/mol. The van der Waals surface area contributed by atoms with Crippen molar-refractivity contribution in [2.75, 3.05) is 0 Å². The molecule has 0 unspecified atom stereocenters. The first-order valence-corrected chi connectivity index (χ1v) is 3.05. The lowest BCUT2D eigenvalue weighted by molar-refractivity contribution is -0.388. The van der Waals surface area contributed by atoms with Crippen molar-refractivity contribution >= 4 is 18.3 Å². The summed E-state index contributed by atoms with van der Waals surface area (Å²) in [5, 5.41) is 10.0. The maximum Gasteiger partial charge on any atom is 0.304 e. The molecular formula is C5H3FN2O2S. The topological polar surface area (TPSA) is 56.0 Å². The molecule has 1 aromatic rings. The van der Waals surface area contributed by atoms with Gasteiger partial charge in [-0.1, -0.05) is 0 Å². The molecule has 0 saturated heterocycles. The van der Waals surface area contributed by atoms with Gasteiger partial charge in [0.05, 0.1) is 17.2 Å². The number of aromatic nitrogens is 1. The maximum atomic E-state index is 12.3. The van der Waals surface area contributed by atoms with Crippen LogP contribution in [-0.4, -0.2) is 9.91 Å². The van der Waals surface area contributed by atoms with Crippen LogP contribution in [0.3, 0.4) is 0 Å². The van der Waals surface area contributed by atoms with Gasteiger partial charge in [0.15, 0.2) is 5.03 Å². The van der Waals surface area contributed by atoms with Crippen molar-refractivity contribution in [1.29, 1.82) is 0 Å². The van der Waals surface area contributed by atoms with E-state index in [9.17, 15) is 14.5 Å². The minimum atomic E-state index is -0.741. The van der Waals surface area contributed by atoms with Gasteiger partial charge >= 0.3 is 5.69 Å². The predicted octanol–water partition coefficient (Wildman–Crippen LogP) is 1.42. The molecule has 1 aromatic heterocycles. The van der Waals surface area contributed by atoms with Gasteiger partial charge in [-0.05, 0) is 0 Å². The third-order valence-electron chi connectivity index (χ3n) is 1.01. The summed E-state index contributed by atoms with van der Waals surface area (Å²) in [7, 11) is 0. The van der Waals surface area contributed by atoms with E-state index in [0.717, 1.165) is 12.3 Å². The lowest BCUT2D eigenvalue weighted by atomic mass is 10.4. The lowest BCUT2D eigenvalue weighted by Gasteiger charge is -1.93. The molecule has 0 atom stereocenters. The fourth-order valence-corrected chi connectivity index (χ4v) is 0.760. The Morgan fingerprint density at radius 2 is 2.36 bits per heavy atom. The molecule has 0 fully saturated rings. The first-order valence-electron chi connectivity index (χ1n) is 2.60. The zero-order valence-electron chi connectivity index (χ0n) is 5.19. The number of halogens is 1. The van der Waals surface area contributed by atoms with Gasteiger partial charge in [-0.15, -0.1) is 12.6 Å². The van der Waals surface area contributed by atoms with E-state index in [1.165, 1.54) is 0 Å². The lowest BCUT2D eigenvalue weighted by Crippen LogP contribution is -1.92. The standard InChI is InChI=1S/C5H3FN2O2S/c6-3-1-4(8(9)10)5(11)7-2-3/h1-2H,(H,7,11). The molecule has 58 valence electrons. The van der Waals surface area contributed by atoms with Crippen molar-refractivity contribution < 1.29 is 9.31 Å². The second-order valence-corrected chi connectivity index (χ2v) is 2.18. The Morgan fingerprint density at radius 1 is 1.73 bits per heavy atom. The van der Waals surface area contributed by atoms with Gasteiger partial charge in [-0.3, -0.25) is 10.1 Å². The largest absolute Gasteiger partial charge is 0.304 e. The molecule has 0 N–H and O–H groups in total. The number of rotatable bonds is 1. The molecular weight excluding hydrogens is 171 g/mol. The van der Waals surface area contributed by atoms with Gasteiger partial charge in [0.1, 0.15) is 5.82 Å².